The summed E-state index contributed by atoms with van der Waals surface area (Å²) in [7, 11) is -4.94. The fourth-order valence-electron chi connectivity index (χ4n) is 3.77. The zero-order chi connectivity index (χ0) is 22.2. The van der Waals surface area contributed by atoms with Gasteiger partial charge in [-0.25, -0.2) is 18.6 Å². The van der Waals surface area contributed by atoms with Gasteiger partial charge in [-0.3, -0.25) is 0 Å². The summed E-state index contributed by atoms with van der Waals surface area (Å²) in [6, 6.07) is 8.26. The Bertz CT molecular complexity index is 928. The van der Waals surface area contributed by atoms with Crippen molar-refractivity contribution in [1.82, 2.24) is 0 Å². The second kappa shape index (κ2) is 8.20. The standard InChI is InChI=1S/C20H23F3N.ClHO4/c1-5-6-11-24-13(2)19(3,4)18-15-10-8-7-9-14(15)16(12-17(18)24)20(21,22)23;2-1(3,4)5/h7-10,12H,5-6,11H2,1-4H3;(H,2,3,4,5)/q+1;/p-1. The zero-order valence-corrected chi connectivity index (χ0v) is 17.4. The van der Waals surface area contributed by atoms with E-state index in [2.05, 4.69) is 25.3 Å². The van der Waals surface area contributed by atoms with Crippen LogP contribution in [-0.2, 0) is 11.6 Å². The lowest BCUT2D eigenvalue weighted by atomic mass is 9.79. The number of nitrogens with zero attached hydrogens (tertiary/aromatic N) is 1. The summed E-state index contributed by atoms with van der Waals surface area (Å²) >= 11 is 0. The SMILES string of the molecule is CCCC[N+]1=C(C)C(C)(C)c2c1cc(C(F)(F)F)c1ccccc21.[O-][Cl+3]([O-])([O-])[O-]. The molecule has 9 heteroatoms. The van der Waals surface area contributed by atoms with Crippen molar-refractivity contribution < 1.29 is 46.6 Å². The molecule has 1 heterocycles. The van der Waals surface area contributed by atoms with Crippen LogP contribution in [0.2, 0.25) is 0 Å². The Morgan fingerprint density at radius 3 is 2.03 bits per heavy atom. The maximum atomic E-state index is 13.6. The van der Waals surface area contributed by atoms with Crippen LogP contribution in [0, 0.1) is 10.2 Å². The van der Waals surface area contributed by atoms with E-state index in [4.69, 9.17) is 18.6 Å². The minimum atomic E-state index is -4.94. The summed E-state index contributed by atoms with van der Waals surface area (Å²) in [6.07, 6.45) is -2.38. The molecule has 0 aliphatic carbocycles. The Labute approximate surface area is 169 Å². The van der Waals surface area contributed by atoms with E-state index in [0.29, 0.717) is 10.8 Å². The molecule has 160 valence electrons. The largest absolute Gasteiger partial charge is 0.417 e. The van der Waals surface area contributed by atoms with Crippen LogP contribution in [0.25, 0.3) is 10.8 Å². The third-order valence-corrected chi connectivity index (χ3v) is 5.29. The van der Waals surface area contributed by atoms with Gasteiger partial charge in [0.25, 0.3) is 0 Å². The molecule has 3 rings (SSSR count). The highest BCUT2D eigenvalue weighted by atomic mass is 35.7. The molecule has 0 saturated heterocycles. The van der Waals surface area contributed by atoms with E-state index in [9.17, 15) is 13.2 Å². The number of halogens is 4. The van der Waals surface area contributed by atoms with E-state index in [0.717, 1.165) is 36.3 Å². The van der Waals surface area contributed by atoms with Crippen molar-refractivity contribution in [3.05, 3.63) is 41.5 Å². The number of benzene rings is 2. The van der Waals surface area contributed by atoms with Gasteiger partial charge in [0.15, 0.2) is 5.71 Å². The van der Waals surface area contributed by atoms with Crippen LogP contribution in [0.4, 0.5) is 18.9 Å². The minimum Gasteiger partial charge on any atom is -0.222 e. The molecular weight excluding hydrogens is 411 g/mol. The summed E-state index contributed by atoms with van der Waals surface area (Å²) < 4.78 is 76.9. The minimum absolute atomic E-state index is 0.271. The maximum Gasteiger partial charge on any atom is 0.417 e. The molecule has 0 unspecified atom stereocenters. The van der Waals surface area contributed by atoms with Crippen LogP contribution in [0.1, 0.15) is 51.7 Å². The molecule has 0 atom stereocenters. The lowest BCUT2D eigenvalue weighted by Gasteiger charge is -2.19. The van der Waals surface area contributed by atoms with Crippen molar-refractivity contribution >= 4 is 22.2 Å². The molecule has 5 nitrogen and oxygen atoms in total. The summed E-state index contributed by atoms with van der Waals surface area (Å²) in [5.41, 5.74) is 2.04. The van der Waals surface area contributed by atoms with Crippen LogP contribution in [0.5, 0.6) is 0 Å². The average molecular weight is 434 g/mol. The van der Waals surface area contributed by atoms with Crippen molar-refractivity contribution in [2.24, 2.45) is 0 Å². The molecule has 0 fully saturated rings. The predicted octanol–water partition coefficient (Wildman–Crippen LogP) is 1.30. The van der Waals surface area contributed by atoms with Crippen LogP contribution < -0.4 is 18.6 Å². The molecule has 0 amide bonds. The number of fused-ring (bicyclic) bond motifs is 3. The molecule has 2 aromatic carbocycles. The normalized spacial score (nSPS) is 16.0. The number of hydrogen-bond acceptors (Lipinski definition) is 4. The first-order valence-electron chi connectivity index (χ1n) is 9.06. The molecule has 0 spiro atoms. The predicted molar refractivity (Wildman–Crippen MR) is 92.4 cm³/mol. The molecule has 1 aliphatic rings. The van der Waals surface area contributed by atoms with Crippen molar-refractivity contribution in [3.63, 3.8) is 0 Å². The van der Waals surface area contributed by atoms with Gasteiger partial charge >= 0.3 is 6.18 Å². The van der Waals surface area contributed by atoms with Gasteiger partial charge in [-0.1, -0.05) is 37.6 Å². The van der Waals surface area contributed by atoms with Crippen LogP contribution >= 0.6 is 0 Å². The van der Waals surface area contributed by atoms with E-state index in [1.807, 2.05) is 19.1 Å². The molecule has 0 aromatic heterocycles. The van der Waals surface area contributed by atoms with Gasteiger partial charge in [0.2, 0.25) is 5.69 Å². The van der Waals surface area contributed by atoms with Gasteiger partial charge < -0.3 is 0 Å². The molecule has 1 aliphatic heterocycles. The molecule has 0 bridgehead atoms. The Balaban J connectivity index is 0.000000537. The first-order valence-corrected chi connectivity index (χ1v) is 10.3. The van der Waals surface area contributed by atoms with Gasteiger partial charge in [0.05, 0.1) is 11.0 Å². The summed E-state index contributed by atoms with van der Waals surface area (Å²) in [4.78, 5) is 0. The topological polar surface area (TPSA) is 95.2 Å². The van der Waals surface area contributed by atoms with Crippen molar-refractivity contribution in [1.29, 1.82) is 0 Å². The van der Waals surface area contributed by atoms with Crippen LogP contribution in [-0.4, -0.2) is 16.8 Å². The smallest absolute Gasteiger partial charge is 0.222 e. The van der Waals surface area contributed by atoms with E-state index < -0.39 is 22.0 Å². The van der Waals surface area contributed by atoms with Gasteiger partial charge in [-0.15, -0.1) is 10.2 Å². The van der Waals surface area contributed by atoms with E-state index in [1.165, 1.54) is 6.07 Å². The maximum absolute atomic E-state index is 13.6. The Morgan fingerprint density at radius 2 is 1.55 bits per heavy atom. The number of unbranched alkanes of at least 4 members (excludes halogenated alkanes) is 1. The van der Waals surface area contributed by atoms with E-state index in [-0.39, 0.29) is 5.41 Å². The zero-order valence-electron chi connectivity index (χ0n) is 16.6. The van der Waals surface area contributed by atoms with Crippen molar-refractivity contribution in [3.8, 4) is 0 Å². The highest BCUT2D eigenvalue weighted by molar-refractivity contribution is 6.02. The van der Waals surface area contributed by atoms with E-state index >= 15 is 0 Å². The first kappa shape index (κ1) is 23.6. The molecule has 0 saturated carbocycles. The van der Waals surface area contributed by atoms with Crippen LogP contribution in [0.15, 0.2) is 30.3 Å². The second-order valence-electron chi connectivity index (χ2n) is 7.46. The van der Waals surface area contributed by atoms with Gasteiger partial charge in [-0.05, 0) is 24.6 Å². The van der Waals surface area contributed by atoms with Crippen molar-refractivity contribution in [2.45, 2.75) is 52.1 Å². The monoisotopic (exact) mass is 433 g/mol. The van der Waals surface area contributed by atoms with Gasteiger partial charge in [0.1, 0.15) is 6.54 Å². The molecule has 0 N–H and O–H groups in total. The molecule has 2 aromatic rings. The lowest BCUT2D eigenvalue weighted by Crippen LogP contribution is -2.68. The average Bonchev–Trinajstić information content (AvgIpc) is 2.77. The third-order valence-electron chi connectivity index (χ3n) is 5.29. The van der Waals surface area contributed by atoms with E-state index in [1.54, 1.807) is 12.1 Å². The Morgan fingerprint density at radius 1 is 1.03 bits per heavy atom. The summed E-state index contributed by atoms with van der Waals surface area (Å²) in [6.45, 7) is 9.10. The Hall–Kier alpha value is -1.71. The van der Waals surface area contributed by atoms with Gasteiger partial charge in [0, 0.05) is 25.0 Å². The Kier molecular flexibility index (Phi) is 6.66. The molecule has 29 heavy (non-hydrogen) atoms. The quantitative estimate of drug-likeness (QED) is 0.682. The van der Waals surface area contributed by atoms with Gasteiger partial charge in [-0.2, -0.15) is 17.7 Å². The summed E-state index contributed by atoms with van der Waals surface area (Å²) in [5, 5.41) is 1.01. The number of alkyl halides is 3. The number of rotatable bonds is 3. The summed E-state index contributed by atoms with van der Waals surface area (Å²) in [5.74, 6) is 0. The first-order chi connectivity index (χ1) is 13.2. The van der Waals surface area contributed by atoms with Crippen LogP contribution in [0.3, 0.4) is 0 Å². The fraction of sp³-hybridized carbons (Fsp3) is 0.450. The van der Waals surface area contributed by atoms with Crippen molar-refractivity contribution in [2.75, 3.05) is 6.54 Å². The fourth-order valence-corrected chi connectivity index (χ4v) is 3.77. The molecular formula is C20H23ClF3NO4. The highest BCUT2D eigenvalue weighted by Crippen LogP contribution is 2.48. The number of hydrogen-bond donors (Lipinski definition) is 0. The molecule has 0 radical (unpaired) electrons. The lowest BCUT2D eigenvalue weighted by molar-refractivity contribution is -2.00. The second-order valence-corrected chi connectivity index (χ2v) is 8.21. The third kappa shape index (κ3) is 5.07. The highest BCUT2D eigenvalue weighted by Gasteiger charge is 2.46.